The summed E-state index contributed by atoms with van der Waals surface area (Å²) < 4.78 is 74.1. The van der Waals surface area contributed by atoms with Crippen LogP contribution in [0.5, 0.6) is 0 Å². The van der Waals surface area contributed by atoms with Gasteiger partial charge in [-0.3, -0.25) is 4.98 Å². The van der Waals surface area contributed by atoms with E-state index >= 15 is 0 Å². The van der Waals surface area contributed by atoms with Gasteiger partial charge in [0.1, 0.15) is 17.3 Å². The predicted molar refractivity (Wildman–Crippen MR) is 62.8 cm³/mol. The number of alkyl halides is 4. The molecule has 1 rings (SSSR count). The van der Waals surface area contributed by atoms with Gasteiger partial charge in [0.15, 0.2) is 0 Å². The van der Waals surface area contributed by atoms with E-state index in [2.05, 4.69) is 20.9 Å². The molecule has 0 aliphatic heterocycles. The van der Waals surface area contributed by atoms with Gasteiger partial charge in [0.05, 0.1) is 6.20 Å². The van der Waals surface area contributed by atoms with Crippen molar-refractivity contribution in [3.05, 3.63) is 24.3 Å². The van der Waals surface area contributed by atoms with Crippen LogP contribution in [-0.2, 0) is 10.0 Å². The Bertz CT molecular complexity index is 535. The number of hydrogen-bond donors (Lipinski definition) is 0. The lowest BCUT2D eigenvalue weighted by atomic mass is 10.5. The van der Waals surface area contributed by atoms with Crippen molar-refractivity contribution < 1.29 is 26.0 Å². The van der Waals surface area contributed by atoms with Crippen molar-refractivity contribution in [2.45, 2.75) is 11.1 Å². The van der Waals surface area contributed by atoms with Crippen molar-refractivity contribution in [2.24, 2.45) is 0 Å². The molecule has 1 aromatic rings. The van der Waals surface area contributed by atoms with E-state index in [0.29, 0.717) is 6.07 Å². The van der Waals surface area contributed by atoms with E-state index in [0.717, 1.165) is 12.4 Å². The molecule has 0 amide bonds. The highest BCUT2D eigenvalue weighted by molar-refractivity contribution is 9.09. The van der Waals surface area contributed by atoms with Gasteiger partial charge in [0.2, 0.25) is 10.0 Å². The van der Waals surface area contributed by atoms with Gasteiger partial charge in [0, 0.05) is 18.1 Å². The van der Waals surface area contributed by atoms with Gasteiger partial charge in [-0.15, -0.1) is 0 Å². The largest absolute Gasteiger partial charge is 0.402 e. The van der Waals surface area contributed by atoms with Crippen LogP contribution in [0.4, 0.5) is 17.6 Å². The van der Waals surface area contributed by atoms with Gasteiger partial charge in [-0.1, -0.05) is 15.9 Å². The summed E-state index contributed by atoms with van der Waals surface area (Å²) >= 11 is 2.87. The van der Waals surface area contributed by atoms with E-state index in [-0.39, 0.29) is 9.64 Å². The van der Waals surface area contributed by atoms with Crippen LogP contribution in [0.15, 0.2) is 23.4 Å². The molecule has 0 aliphatic rings. The first-order valence-corrected chi connectivity index (χ1v) is 7.46. The summed E-state index contributed by atoms with van der Waals surface area (Å²) in [5.74, 6) is -0.938. The normalized spacial score (nSPS) is 12.9. The minimum absolute atomic E-state index is 0.0189. The molecule has 0 aromatic carbocycles. The van der Waals surface area contributed by atoms with Crippen LogP contribution in [0.3, 0.4) is 0 Å². The molecule has 0 bridgehead atoms. The van der Waals surface area contributed by atoms with E-state index in [1.807, 2.05) is 0 Å². The minimum Gasteiger partial charge on any atom is -0.260 e. The number of hydrogen-bond acceptors (Lipinski definition) is 3. The summed E-state index contributed by atoms with van der Waals surface area (Å²) in [5, 5.41) is 0.0189. The summed E-state index contributed by atoms with van der Waals surface area (Å²) in [6.45, 7) is -2.03. The molecule has 0 atom stereocenters. The highest BCUT2D eigenvalue weighted by atomic mass is 79.9. The molecule has 0 saturated heterocycles. The quantitative estimate of drug-likeness (QED) is 0.594. The first kappa shape index (κ1) is 16.3. The van der Waals surface area contributed by atoms with Crippen molar-refractivity contribution in [2.75, 3.05) is 18.4 Å². The van der Waals surface area contributed by atoms with Crippen LogP contribution >= 0.6 is 15.9 Å². The fourth-order valence-electron chi connectivity index (χ4n) is 1.26. The first-order chi connectivity index (χ1) is 8.66. The van der Waals surface area contributed by atoms with E-state index in [1.54, 1.807) is 0 Å². The highest BCUT2D eigenvalue weighted by Crippen LogP contribution is 2.22. The maximum absolute atomic E-state index is 12.9. The van der Waals surface area contributed by atoms with Crippen LogP contribution in [0, 0.1) is 5.82 Å². The average Bonchev–Trinajstić information content (AvgIpc) is 2.26. The lowest BCUT2D eigenvalue weighted by Gasteiger charge is -2.22. The van der Waals surface area contributed by atoms with E-state index in [9.17, 15) is 26.0 Å². The number of nitrogens with zero attached hydrogens (tertiary/aromatic N) is 2. The van der Waals surface area contributed by atoms with Crippen molar-refractivity contribution in [3.63, 3.8) is 0 Å². The maximum atomic E-state index is 12.9. The van der Waals surface area contributed by atoms with Gasteiger partial charge in [0.25, 0.3) is 0 Å². The average molecular weight is 365 g/mol. The van der Waals surface area contributed by atoms with Crippen molar-refractivity contribution in [1.82, 2.24) is 9.29 Å². The van der Waals surface area contributed by atoms with Crippen LogP contribution in [0.1, 0.15) is 0 Å². The third-order valence-electron chi connectivity index (χ3n) is 2.01. The summed E-state index contributed by atoms with van der Waals surface area (Å²) in [6.07, 6.45) is -3.12. The third-order valence-corrected chi connectivity index (χ3v) is 4.17. The minimum atomic E-state index is -4.68. The molecule has 1 aromatic heterocycles. The predicted octanol–water partition coefficient (Wildman–Crippen LogP) is 2.17. The molecule has 19 heavy (non-hydrogen) atoms. The summed E-state index contributed by atoms with van der Waals surface area (Å²) in [5.41, 5.74) is 0. The molecule has 10 heteroatoms. The Morgan fingerprint density at radius 3 is 2.42 bits per heavy atom. The maximum Gasteiger partial charge on any atom is 0.402 e. The molecular formula is C9H9BrF4N2O2S. The molecule has 0 N–H and O–H groups in total. The van der Waals surface area contributed by atoms with E-state index in [1.165, 1.54) is 0 Å². The second-order valence-corrected chi connectivity index (χ2v) is 6.21. The summed E-state index contributed by atoms with van der Waals surface area (Å²) in [4.78, 5) is 2.70. The fraction of sp³-hybridized carbons (Fsp3) is 0.444. The molecule has 0 aliphatic carbocycles. The van der Waals surface area contributed by atoms with Gasteiger partial charge in [-0.25, -0.2) is 12.8 Å². The highest BCUT2D eigenvalue weighted by Gasteiger charge is 2.36. The van der Waals surface area contributed by atoms with E-state index in [4.69, 9.17) is 0 Å². The Hall–Kier alpha value is -0.740. The Morgan fingerprint density at radius 1 is 1.32 bits per heavy atom. The smallest absolute Gasteiger partial charge is 0.260 e. The summed E-state index contributed by atoms with van der Waals surface area (Å²) in [6, 6.07) is 0.625. The van der Waals surface area contributed by atoms with Crippen LogP contribution < -0.4 is 0 Å². The van der Waals surface area contributed by atoms with Crippen LogP contribution in [0.2, 0.25) is 0 Å². The van der Waals surface area contributed by atoms with E-state index < -0.39 is 40.0 Å². The lowest BCUT2D eigenvalue weighted by Crippen LogP contribution is -2.40. The van der Waals surface area contributed by atoms with Gasteiger partial charge < -0.3 is 0 Å². The van der Waals surface area contributed by atoms with Crippen molar-refractivity contribution in [3.8, 4) is 0 Å². The monoisotopic (exact) mass is 364 g/mol. The molecule has 0 radical (unpaired) electrons. The SMILES string of the molecule is O=S(=O)(c1cncc(F)c1)N(CCBr)CC(F)(F)F. The summed E-state index contributed by atoms with van der Waals surface area (Å²) in [7, 11) is -4.44. The Labute approximate surface area is 115 Å². The second-order valence-electron chi connectivity index (χ2n) is 3.48. The molecule has 108 valence electrons. The zero-order valence-corrected chi connectivity index (χ0v) is 11.8. The van der Waals surface area contributed by atoms with Gasteiger partial charge in [-0.2, -0.15) is 17.5 Å². The number of rotatable bonds is 5. The zero-order valence-electron chi connectivity index (χ0n) is 9.36. The Kier molecular flexibility index (Phi) is 5.27. The van der Waals surface area contributed by atoms with Gasteiger partial charge >= 0.3 is 6.18 Å². The molecule has 0 spiro atoms. The Balaban J connectivity index is 3.13. The number of sulfonamides is 1. The number of aromatic nitrogens is 1. The van der Waals surface area contributed by atoms with Gasteiger partial charge in [-0.05, 0) is 6.07 Å². The zero-order chi connectivity index (χ0) is 14.7. The van der Waals surface area contributed by atoms with Crippen molar-refractivity contribution in [1.29, 1.82) is 0 Å². The van der Waals surface area contributed by atoms with Crippen LogP contribution in [0.25, 0.3) is 0 Å². The Morgan fingerprint density at radius 2 is 1.95 bits per heavy atom. The molecule has 4 nitrogen and oxygen atoms in total. The first-order valence-electron chi connectivity index (χ1n) is 4.90. The van der Waals surface area contributed by atoms with Crippen LogP contribution in [-0.4, -0.2) is 42.3 Å². The molecule has 0 saturated carbocycles. The standard InChI is InChI=1S/C9H9BrF4N2O2S/c10-1-2-16(6-9(12,13)14)19(17,18)8-3-7(11)4-15-5-8/h3-5H,1-2,6H2. The third kappa shape index (κ3) is 4.69. The second kappa shape index (κ2) is 6.14. The number of pyridine rings is 1. The lowest BCUT2D eigenvalue weighted by molar-refractivity contribution is -0.135. The molecule has 0 fully saturated rings. The topological polar surface area (TPSA) is 50.3 Å². The van der Waals surface area contributed by atoms with Crippen molar-refractivity contribution >= 4 is 26.0 Å². The molecule has 1 heterocycles. The fourth-order valence-corrected chi connectivity index (χ4v) is 3.33. The number of halogens is 5. The molecular weight excluding hydrogens is 356 g/mol. The molecule has 0 unspecified atom stereocenters.